The van der Waals surface area contributed by atoms with Gasteiger partial charge in [-0.1, -0.05) is 30.3 Å². The van der Waals surface area contributed by atoms with Gasteiger partial charge >= 0.3 is 11.9 Å². The van der Waals surface area contributed by atoms with E-state index in [1.807, 2.05) is 5.32 Å². The molecule has 152 valence electrons. The van der Waals surface area contributed by atoms with Gasteiger partial charge in [0.1, 0.15) is 12.1 Å². The minimum absolute atomic E-state index is 0.150. The third-order valence-corrected chi connectivity index (χ3v) is 3.55. The predicted octanol–water partition coefficient (Wildman–Crippen LogP) is -2.17. The van der Waals surface area contributed by atoms with E-state index in [1.165, 1.54) is 0 Å². The Morgan fingerprint density at radius 3 is 2.07 bits per heavy atom. The fraction of sp³-hybridized carbons (Fsp3) is 0.353. The van der Waals surface area contributed by atoms with Crippen LogP contribution in [0.4, 0.5) is 0 Å². The van der Waals surface area contributed by atoms with Gasteiger partial charge in [-0.05, 0) is 5.56 Å². The first-order valence-electron chi connectivity index (χ1n) is 8.28. The van der Waals surface area contributed by atoms with E-state index in [4.69, 9.17) is 15.9 Å². The van der Waals surface area contributed by atoms with E-state index in [1.54, 1.807) is 30.3 Å². The number of amides is 3. The maximum absolute atomic E-state index is 12.3. The van der Waals surface area contributed by atoms with Crippen LogP contribution in [0.3, 0.4) is 0 Å². The van der Waals surface area contributed by atoms with E-state index < -0.39 is 54.7 Å². The van der Waals surface area contributed by atoms with Gasteiger partial charge in [0.15, 0.2) is 0 Å². The molecule has 0 fully saturated rings. The molecule has 0 aliphatic rings. The molecule has 0 aliphatic heterocycles. The van der Waals surface area contributed by atoms with Crippen molar-refractivity contribution >= 4 is 29.7 Å². The van der Waals surface area contributed by atoms with Crippen LogP contribution in [-0.2, 0) is 30.4 Å². The highest BCUT2D eigenvalue weighted by Crippen LogP contribution is 2.03. The maximum atomic E-state index is 12.3. The Morgan fingerprint density at radius 1 is 0.929 bits per heavy atom. The average Bonchev–Trinajstić information content (AvgIpc) is 2.65. The van der Waals surface area contributed by atoms with Crippen LogP contribution in [-0.4, -0.2) is 65.0 Å². The number of nitrogens with one attached hydrogen (secondary N) is 3. The topological polar surface area (TPSA) is 188 Å². The lowest BCUT2D eigenvalue weighted by Crippen LogP contribution is -2.52. The molecule has 1 aromatic carbocycles. The van der Waals surface area contributed by atoms with Crippen molar-refractivity contribution in [2.24, 2.45) is 5.73 Å². The van der Waals surface area contributed by atoms with Crippen LogP contribution in [0, 0.1) is 0 Å². The number of hydrogen-bond donors (Lipinski definition) is 6. The van der Waals surface area contributed by atoms with Crippen molar-refractivity contribution in [3.8, 4) is 0 Å². The molecule has 1 rings (SSSR count). The smallest absolute Gasteiger partial charge is 0.326 e. The highest BCUT2D eigenvalue weighted by Gasteiger charge is 2.25. The van der Waals surface area contributed by atoms with Gasteiger partial charge in [-0.3, -0.25) is 19.2 Å². The van der Waals surface area contributed by atoms with Gasteiger partial charge < -0.3 is 31.9 Å². The van der Waals surface area contributed by atoms with Crippen molar-refractivity contribution in [1.29, 1.82) is 0 Å². The van der Waals surface area contributed by atoms with E-state index in [0.717, 1.165) is 5.56 Å². The molecule has 2 atom stereocenters. The lowest BCUT2D eigenvalue weighted by Gasteiger charge is -2.19. The van der Waals surface area contributed by atoms with Gasteiger partial charge in [0.25, 0.3) is 0 Å². The van der Waals surface area contributed by atoms with E-state index in [9.17, 15) is 24.0 Å². The number of carbonyl (C=O) groups is 5. The molecule has 0 aliphatic carbocycles. The summed E-state index contributed by atoms with van der Waals surface area (Å²) in [7, 11) is 0. The number of aliphatic carboxylic acids is 2. The number of hydrogen-bond acceptors (Lipinski definition) is 6. The summed E-state index contributed by atoms with van der Waals surface area (Å²) in [6, 6.07) is 6.20. The number of carboxylic acid groups (broad SMARTS) is 2. The number of nitrogens with two attached hydrogens (primary N) is 1. The SMILES string of the molecule is NCC(=O)N[C@@H](Cc1ccccc1)C(=O)NCC(=O)N[C@@H](CC(=O)O)C(=O)O. The highest BCUT2D eigenvalue weighted by atomic mass is 16.4. The van der Waals surface area contributed by atoms with Crippen LogP contribution >= 0.6 is 0 Å². The molecule has 0 saturated heterocycles. The number of rotatable bonds is 11. The Hall–Kier alpha value is -3.47. The predicted molar refractivity (Wildman–Crippen MR) is 96.0 cm³/mol. The van der Waals surface area contributed by atoms with E-state index in [-0.39, 0.29) is 13.0 Å². The second-order valence-electron chi connectivity index (χ2n) is 5.79. The van der Waals surface area contributed by atoms with Gasteiger partial charge in [-0.15, -0.1) is 0 Å². The first-order chi connectivity index (χ1) is 13.2. The summed E-state index contributed by atoms with van der Waals surface area (Å²) >= 11 is 0. The Kier molecular flexibility index (Phi) is 9.10. The molecule has 28 heavy (non-hydrogen) atoms. The molecular formula is C17H22N4O7. The molecule has 0 bridgehead atoms. The Bertz CT molecular complexity index is 723. The molecule has 0 spiro atoms. The lowest BCUT2D eigenvalue weighted by atomic mass is 10.1. The van der Waals surface area contributed by atoms with Crippen LogP contribution < -0.4 is 21.7 Å². The third-order valence-electron chi connectivity index (χ3n) is 3.55. The van der Waals surface area contributed by atoms with Gasteiger partial charge in [0.2, 0.25) is 17.7 Å². The first-order valence-corrected chi connectivity index (χ1v) is 8.28. The van der Waals surface area contributed by atoms with Crippen LogP contribution in [0.1, 0.15) is 12.0 Å². The van der Waals surface area contributed by atoms with Crippen molar-refractivity contribution in [2.45, 2.75) is 24.9 Å². The Morgan fingerprint density at radius 2 is 1.54 bits per heavy atom. The largest absolute Gasteiger partial charge is 0.481 e. The molecular weight excluding hydrogens is 372 g/mol. The third kappa shape index (κ3) is 8.27. The van der Waals surface area contributed by atoms with Gasteiger partial charge in [0, 0.05) is 6.42 Å². The quantitative estimate of drug-likeness (QED) is 0.244. The second-order valence-corrected chi connectivity index (χ2v) is 5.79. The fourth-order valence-corrected chi connectivity index (χ4v) is 2.22. The summed E-state index contributed by atoms with van der Waals surface area (Å²) < 4.78 is 0. The van der Waals surface area contributed by atoms with Crippen LogP contribution in [0.2, 0.25) is 0 Å². The first kappa shape index (κ1) is 22.6. The Balaban J connectivity index is 2.68. The molecule has 0 aromatic heterocycles. The number of carbonyl (C=O) groups excluding carboxylic acids is 3. The van der Waals surface area contributed by atoms with E-state index >= 15 is 0 Å². The van der Waals surface area contributed by atoms with Gasteiger partial charge in [-0.2, -0.15) is 0 Å². The molecule has 0 saturated carbocycles. The lowest BCUT2D eigenvalue weighted by molar-refractivity contribution is -0.147. The normalized spacial score (nSPS) is 12.3. The standard InChI is InChI=1S/C17H22N4O7/c18-8-13(22)20-11(6-10-4-2-1-3-5-10)16(26)19-9-14(23)21-12(17(27)28)7-15(24)25/h1-5,11-12H,6-9,18H2,(H,19,26)(H,20,22)(H,21,23)(H,24,25)(H,27,28)/t11-,12-/m0/s1. The molecule has 0 radical (unpaired) electrons. The summed E-state index contributed by atoms with van der Waals surface area (Å²) in [5.74, 6) is -5.03. The molecule has 0 unspecified atom stereocenters. The molecule has 1 aromatic rings. The molecule has 11 heteroatoms. The Labute approximate surface area is 160 Å². The van der Waals surface area contributed by atoms with Crippen molar-refractivity contribution in [3.63, 3.8) is 0 Å². The second kappa shape index (κ2) is 11.3. The van der Waals surface area contributed by atoms with Crippen molar-refractivity contribution in [3.05, 3.63) is 35.9 Å². The zero-order valence-corrected chi connectivity index (χ0v) is 14.9. The van der Waals surface area contributed by atoms with Crippen LogP contribution in [0.5, 0.6) is 0 Å². The summed E-state index contributed by atoms with van der Waals surface area (Å²) in [5.41, 5.74) is 6.01. The maximum Gasteiger partial charge on any atom is 0.326 e. The zero-order chi connectivity index (χ0) is 21.1. The summed E-state index contributed by atoms with van der Waals surface area (Å²) in [4.78, 5) is 57.3. The van der Waals surface area contributed by atoms with E-state index in [2.05, 4.69) is 10.6 Å². The summed E-state index contributed by atoms with van der Waals surface area (Å²) in [5, 5.41) is 24.3. The van der Waals surface area contributed by atoms with Crippen molar-refractivity contribution < 1.29 is 34.2 Å². The number of carboxylic acids is 2. The van der Waals surface area contributed by atoms with Crippen LogP contribution in [0.25, 0.3) is 0 Å². The van der Waals surface area contributed by atoms with Gasteiger partial charge in [0.05, 0.1) is 19.5 Å². The van der Waals surface area contributed by atoms with Crippen molar-refractivity contribution in [2.75, 3.05) is 13.1 Å². The summed E-state index contributed by atoms with van der Waals surface area (Å²) in [6.45, 7) is -0.916. The van der Waals surface area contributed by atoms with Crippen molar-refractivity contribution in [1.82, 2.24) is 16.0 Å². The fourth-order valence-electron chi connectivity index (χ4n) is 2.22. The molecule has 7 N–H and O–H groups in total. The molecule has 3 amide bonds. The monoisotopic (exact) mass is 394 g/mol. The zero-order valence-electron chi connectivity index (χ0n) is 14.9. The average molecular weight is 394 g/mol. The molecule has 11 nitrogen and oxygen atoms in total. The molecule has 0 heterocycles. The van der Waals surface area contributed by atoms with E-state index in [0.29, 0.717) is 0 Å². The van der Waals surface area contributed by atoms with Crippen LogP contribution in [0.15, 0.2) is 30.3 Å². The van der Waals surface area contributed by atoms with Gasteiger partial charge in [-0.25, -0.2) is 4.79 Å². The highest BCUT2D eigenvalue weighted by molar-refractivity contribution is 5.92. The minimum Gasteiger partial charge on any atom is -0.481 e. The minimum atomic E-state index is -1.63. The number of benzene rings is 1. The summed E-state index contributed by atoms with van der Waals surface area (Å²) in [6.07, 6.45) is -0.658.